The Hall–Kier alpha value is -0.420. The van der Waals surface area contributed by atoms with Gasteiger partial charge in [0.1, 0.15) is 5.78 Å². The first-order chi connectivity index (χ1) is 7.92. The second kappa shape index (κ2) is 6.50. The fraction of sp³-hybridized carbons (Fsp3) is 0.917. The van der Waals surface area contributed by atoms with Gasteiger partial charge in [0.2, 0.25) is 0 Å². The molecule has 1 aliphatic carbocycles. The first-order valence-corrected chi connectivity index (χ1v) is 8.10. The van der Waals surface area contributed by atoms with Crippen LogP contribution < -0.4 is 5.32 Å². The number of sulfone groups is 1. The molecule has 1 N–H and O–H groups in total. The highest BCUT2D eigenvalue weighted by molar-refractivity contribution is 7.91. The highest BCUT2D eigenvalue weighted by Gasteiger charge is 2.19. The van der Waals surface area contributed by atoms with Crippen molar-refractivity contribution in [3.05, 3.63) is 0 Å². The molecule has 0 saturated heterocycles. The second-order valence-corrected chi connectivity index (χ2v) is 7.74. The number of carbonyl (C=O) groups is 1. The van der Waals surface area contributed by atoms with Crippen molar-refractivity contribution >= 4 is 15.6 Å². The lowest BCUT2D eigenvalue weighted by Gasteiger charge is -2.11. The molecule has 1 fully saturated rings. The Bertz CT molecular complexity index is 343. The highest BCUT2D eigenvalue weighted by Crippen LogP contribution is 2.17. The van der Waals surface area contributed by atoms with Crippen LogP contribution in [0.5, 0.6) is 0 Å². The Balaban J connectivity index is 2.21. The van der Waals surface area contributed by atoms with E-state index in [4.69, 9.17) is 0 Å². The fourth-order valence-electron chi connectivity index (χ4n) is 1.97. The van der Waals surface area contributed by atoms with Gasteiger partial charge in [-0.25, -0.2) is 8.42 Å². The third-order valence-corrected chi connectivity index (χ3v) is 5.54. The largest absolute Gasteiger partial charge is 0.307 e. The summed E-state index contributed by atoms with van der Waals surface area (Å²) in [5.74, 6) is -0.0170. The van der Waals surface area contributed by atoms with E-state index in [0.717, 1.165) is 12.8 Å². The summed E-state index contributed by atoms with van der Waals surface area (Å²) in [6.45, 7) is 3.62. The van der Waals surface area contributed by atoms with Crippen molar-refractivity contribution in [1.29, 1.82) is 0 Å². The van der Waals surface area contributed by atoms with Gasteiger partial charge in [-0.15, -0.1) is 0 Å². The first kappa shape index (κ1) is 14.6. The molecule has 0 aromatic carbocycles. The van der Waals surface area contributed by atoms with E-state index in [1.807, 2.05) is 0 Å². The number of hydrogen-bond acceptors (Lipinski definition) is 4. The molecule has 0 aromatic rings. The summed E-state index contributed by atoms with van der Waals surface area (Å²) in [5.41, 5.74) is 0. The average Bonchev–Trinajstić information content (AvgIpc) is 2.76. The van der Waals surface area contributed by atoms with E-state index in [9.17, 15) is 13.2 Å². The van der Waals surface area contributed by atoms with Crippen molar-refractivity contribution < 1.29 is 13.2 Å². The summed E-state index contributed by atoms with van der Waals surface area (Å²) in [6, 6.07) is 0.459. The van der Waals surface area contributed by atoms with E-state index < -0.39 is 15.1 Å². The zero-order valence-electron chi connectivity index (χ0n) is 10.7. The maximum Gasteiger partial charge on any atom is 0.153 e. The van der Waals surface area contributed by atoms with Crippen LogP contribution in [0.2, 0.25) is 0 Å². The second-order valence-electron chi connectivity index (χ2n) is 5.07. The predicted molar refractivity (Wildman–Crippen MR) is 68.8 cm³/mol. The Kier molecular flexibility index (Phi) is 5.59. The zero-order chi connectivity index (χ0) is 12.9. The third kappa shape index (κ3) is 5.17. The minimum atomic E-state index is -3.08. The molecule has 1 aliphatic rings. The summed E-state index contributed by atoms with van der Waals surface area (Å²) < 4.78 is 23.0. The van der Waals surface area contributed by atoms with Gasteiger partial charge in [-0.05, 0) is 26.7 Å². The Morgan fingerprint density at radius 1 is 1.29 bits per heavy atom. The summed E-state index contributed by atoms with van der Waals surface area (Å²) in [5, 5.41) is 2.81. The molecular formula is C12H23NO3S. The molecule has 17 heavy (non-hydrogen) atoms. The van der Waals surface area contributed by atoms with E-state index in [2.05, 4.69) is 5.32 Å². The van der Waals surface area contributed by atoms with E-state index in [1.54, 1.807) is 13.8 Å². The van der Waals surface area contributed by atoms with Gasteiger partial charge in [0.15, 0.2) is 9.84 Å². The summed E-state index contributed by atoms with van der Waals surface area (Å²) >= 11 is 0. The molecule has 4 nitrogen and oxygen atoms in total. The number of nitrogens with one attached hydrogen (secondary N) is 1. The normalized spacial score (nSPS) is 17.8. The number of Topliss-reactive ketones (excluding diaryl/α,β-unsaturated/α-hetero) is 1. The van der Waals surface area contributed by atoms with Crippen LogP contribution in [-0.4, -0.2) is 37.8 Å². The van der Waals surface area contributed by atoms with Crippen molar-refractivity contribution in [2.45, 2.75) is 57.2 Å². The number of carbonyl (C=O) groups excluding carboxylic acids is 1. The molecule has 0 unspecified atom stereocenters. The molecule has 0 heterocycles. The molecule has 0 spiro atoms. The molecule has 0 radical (unpaired) electrons. The van der Waals surface area contributed by atoms with Crippen LogP contribution in [0.25, 0.3) is 0 Å². The SMILES string of the molecule is CC(C)S(=O)(=O)CCC(=O)CNC1CCCC1. The summed E-state index contributed by atoms with van der Waals surface area (Å²) in [4.78, 5) is 11.5. The van der Waals surface area contributed by atoms with Gasteiger partial charge in [0.25, 0.3) is 0 Å². The number of hydrogen-bond donors (Lipinski definition) is 1. The number of rotatable bonds is 7. The van der Waals surface area contributed by atoms with E-state index in [-0.39, 0.29) is 18.0 Å². The van der Waals surface area contributed by atoms with Crippen LogP contribution >= 0.6 is 0 Å². The number of ketones is 1. The van der Waals surface area contributed by atoms with E-state index >= 15 is 0 Å². The molecule has 1 rings (SSSR count). The van der Waals surface area contributed by atoms with Gasteiger partial charge >= 0.3 is 0 Å². The van der Waals surface area contributed by atoms with Gasteiger partial charge in [0.05, 0.1) is 17.5 Å². The Labute approximate surface area is 104 Å². The maximum atomic E-state index is 11.5. The van der Waals surface area contributed by atoms with Crippen molar-refractivity contribution in [2.75, 3.05) is 12.3 Å². The van der Waals surface area contributed by atoms with Crippen molar-refractivity contribution in [2.24, 2.45) is 0 Å². The Morgan fingerprint density at radius 2 is 1.88 bits per heavy atom. The standard InChI is InChI=1S/C12H23NO3S/c1-10(2)17(15,16)8-7-12(14)9-13-11-5-3-4-6-11/h10-11,13H,3-9H2,1-2H3. The minimum Gasteiger partial charge on any atom is -0.307 e. The highest BCUT2D eigenvalue weighted by atomic mass is 32.2. The Morgan fingerprint density at radius 3 is 2.41 bits per heavy atom. The van der Waals surface area contributed by atoms with Crippen LogP contribution in [-0.2, 0) is 14.6 Å². The van der Waals surface area contributed by atoms with Crippen LogP contribution in [0.15, 0.2) is 0 Å². The van der Waals surface area contributed by atoms with Crippen LogP contribution in [0.3, 0.4) is 0 Å². The minimum absolute atomic E-state index is 0.00104. The van der Waals surface area contributed by atoms with Crippen LogP contribution in [0, 0.1) is 0 Å². The van der Waals surface area contributed by atoms with E-state index in [0.29, 0.717) is 12.6 Å². The van der Waals surface area contributed by atoms with Crippen molar-refractivity contribution in [1.82, 2.24) is 5.32 Å². The zero-order valence-corrected chi connectivity index (χ0v) is 11.6. The monoisotopic (exact) mass is 261 g/mol. The molecule has 0 amide bonds. The van der Waals surface area contributed by atoms with Gasteiger partial charge < -0.3 is 5.32 Å². The fourth-order valence-corrected chi connectivity index (χ4v) is 2.95. The van der Waals surface area contributed by atoms with Crippen molar-refractivity contribution in [3.8, 4) is 0 Å². The van der Waals surface area contributed by atoms with Gasteiger partial charge in [-0.3, -0.25) is 4.79 Å². The lowest BCUT2D eigenvalue weighted by Crippen LogP contribution is -2.32. The topological polar surface area (TPSA) is 63.2 Å². The predicted octanol–water partition coefficient (Wildman–Crippen LogP) is 1.30. The molecule has 0 aromatic heterocycles. The molecule has 0 aliphatic heterocycles. The smallest absolute Gasteiger partial charge is 0.153 e. The first-order valence-electron chi connectivity index (χ1n) is 6.38. The summed E-state index contributed by atoms with van der Waals surface area (Å²) in [6.07, 6.45) is 4.87. The van der Waals surface area contributed by atoms with Gasteiger partial charge in [-0.2, -0.15) is 0 Å². The molecular weight excluding hydrogens is 238 g/mol. The molecule has 0 bridgehead atoms. The van der Waals surface area contributed by atoms with Crippen molar-refractivity contribution in [3.63, 3.8) is 0 Å². The molecule has 1 saturated carbocycles. The van der Waals surface area contributed by atoms with E-state index in [1.165, 1.54) is 12.8 Å². The molecule has 0 atom stereocenters. The lowest BCUT2D eigenvalue weighted by molar-refractivity contribution is -0.118. The molecule has 100 valence electrons. The summed E-state index contributed by atoms with van der Waals surface area (Å²) in [7, 11) is -3.08. The maximum absolute atomic E-state index is 11.5. The quantitative estimate of drug-likeness (QED) is 0.750. The molecule has 5 heteroatoms. The van der Waals surface area contributed by atoms with Gasteiger partial charge in [0, 0.05) is 12.5 Å². The average molecular weight is 261 g/mol. The third-order valence-electron chi connectivity index (χ3n) is 3.33. The van der Waals surface area contributed by atoms with Crippen LogP contribution in [0.1, 0.15) is 46.0 Å². The van der Waals surface area contributed by atoms with Crippen LogP contribution in [0.4, 0.5) is 0 Å². The lowest BCUT2D eigenvalue weighted by atomic mass is 10.2. The van der Waals surface area contributed by atoms with Gasteiger partial charge in [-0.1, -0.05) is 12.8 Å².